The van der Waals surface area contributed by atoms with Gasteiger partial charge in [0.1, 0.15) is 11.6 Å². The molecular formula is C28H23N3O4S. The molecule has 1 N–H and O–H groups in total. The number of nitrogens with zero attached hydrogens (tertiary/aromatic N) is 2. The van der Waals surface area contributed by atoms with Crippen molar-refractivity contribution in [2.45, 2.75) is 20.8 Å². The fourth-order valence-electron chi connectivity index (χ4n) is 3.50. The largest absolute Gasteiger partial charge is 0.493 e. The van der Waals surface area contributed by atoms with Crippen LogP contribution in [-0.2, 0) is 4.79 Å². The first-order chi connectivity index (χ1) is 17.3. The molecule has 0 atom stereocenters. The predicted molar refractivity (Wildman–Crippen MR) is 140 cm³/mol. The van der Waals surface area contributed by atoms with Gasteiger partial charge in [-0.05, 0) is 79.9 Å². The molecule has 7 nitrogen and oxygen atoms in total. The maximum Gasteiger partial charge on any atom is 0.343 e. The second kappa shape index (κ2) is 10.4. The number of aromatic nitrogens is 1. The number of nitriles is 1. The van der Waals surface area contributed by atoms with E-state index in [0.717, 1.165) is 26.9 Å². The van der Waals surface area contributed by atoms with Gasteiger partial charge in [0.15, 0.2) is 16.6 Å². The number of rotatable bonds is 6. The van der Waals surface area contributed by atoms with Gasteiger partial charge in [0.25, 0.3) is 5.91 Å². The van der Waals surface area contributed by atoms with Crippen LogP contribution < -0.4 is 14.8 Å². The van der Waals surface area contributed by atoms with Gasteiger partial charge in [-0.3, -0.25) is 10.1 Å². The van der Waals surface area contributed by atoms with Crippen LogP contribution in [0.2, 0.25) is 0 Å². The summed E-state index contributed by atoms with van der Waals surface area (Å²) < 4.78 is 11.8. The molecule has 4 rings (SSSR count). The number of amides is 1. The topological polar surface area (TPSA) is 101 Å². The lowest BCUT2D eigenvalue weighted by atomic mass is 10.1. The number of nitrogens with one attached hydrogen (secondary N) is 1. The molecule has 0 aliphatic carbocycles. The molecule has 0 bridgehead atoms. The van der Waals surface area contributed by atoms with Crippen molar-refractivity contribution in [3.05, 3.63) is 88.0 Å². The highest BCUT2D eigenvalue weighted by Crippen LogP contribution is 2.31. The molecule has 0 radical (unpaired) electrons. The number of thiazole rings is 1. The lowest BCUT2D eigenvalue weighted by molar-refractivity contribution is -0.112. The number of benzene rings is 3. The Labute approximate surface area is 212 Å². The summed E-state index contributed by atoms with van der Waals surface area (Å²) in [5, 5.41) is 12.7. The molecule has 4 aromatic rings. The summed E-state index contributed by atoms with van der Waals surface area (Å²) >= 11 is 1.35. The summed E-state index contributed by atoms with van der Waals surface area (Å²) in [7, 11) is 1.45. The lowest BCUT2D eigenvalue weighted by Gasteiger charge is -2.10. The van der Waals surface area contributed by atoms with Crippen molar-refractivity contribution in [1.82, 2.24) is 4.98 Å². The highest BCUT2D eigenvalue weighted by atomic mass is 32.1. The van der Waals surface area contributed by atoms with Gasteiger partial charge in [-0.25, -0.2) is 9.78 Å². The summed E-state index contributed by atoms with van der Waals surface area (Å²) in [4.78, 5) is 29.7. The lowest BCUT2D eigenvalue weighted by Crippen LogP contribution is -2.13. The van der Waals surface area contributed by atoms with Gasteiger partial charge in [0, 0.05) is 0 Å². The van der Waals surface area contributed by atoms with E-state index in [2.05, 4.69) is 10.3 Å². The summed E-state index contributed by atoms with van der Waals surface area (Å²) in [6.07, 6.45) is 1.44. The monoisotopic (exact) mass is 497 g/mol. The number of aryl methyl sites for hydroxylation is 3. The molecular weight excluding hydrogens is 474 g/mol. The smallest absolute Gasteiger partial charge is 0.343 e. The second-order valence-electron chi connectivity index (χ2n) is 8.22. The first-order valence-corrected chi connectivity index (χ1v) is 11.9. The van der Waals surface area contributed by atoms with E-state index in [0.29, 0.717) is 22.0 Å². The van der Waals surface area contributed by atoms with Gasteiger partial charge in [0.2, 0.25) is 0 Å². The average molecular weight is 498 g/mol. The van der Waals surface area contributed by atoms with Crippen LogP contribution in [0, 0.1) is 32.1 Å². The van der Waals surface area contributed by atoms with Crippen molar-refractivity contribution in [3.8, 4) is 17.6 Å². The van der Waals surface area contributed by atoms with Crippen molar-refractivity contribution in [2.75, 3.05) is 12.4 Å². The molecule has 0 unspecified atom stereocenters. The number of hydrogen-bond acceptors (Lipinski definition) is 7. The Hall–Kier alpha value is -4.48. The second-order valence-corrected chi connectivity index (χ2v) is 9.25. The number of fused-ring (bicyclic) bond motifs is 1. The van der Waals surface area contributed by atoms with Crippen molar-refractivity contribution >= 4 is 44.6 Å². The molecule has 180 valence electrons. The van der Waals surface area contributed by atoms with Gasteiger partial charge in [0.05, 0.1) is 22.9 Å². The predicted octanol–water partition coefficient (Wildman–Crippen LogP) is 6.00. The van der Waals surface area contributed by atoms with Crippen molar-refractivity contribution in [3.63, 3.8) is 0 Å². The minimum Gasteiger partial charge on any atom is -0.493 e. The van der Waals surface area contributed by atoms with Crippen LogP contribution in [0.25, 0.3) is 16.3 Å². The van der Waals surface area contributed by atoms with Crippen LogP contribution >= 0.6 is 11.3 Å². The number of carbonyl (C=O) groups is 2. The van der Waals surface area contributed by atoms with Gasteiger partial charge < -0.3 is 9.47 Å². The number of ether oxygens (including phenoxy) is 2. The van der Waals surface area contributed by atoms with Crippen molar-refractivity contribution in [1.29, 1.82) is 5.26 Å². The zero-order valence-electron chi connectivity index (χ0n) is 20.2. The molecule has 0 spiro atoms. The van der Waals surface area contributed by atoms with Crippen molar-refractivity contribution in [2.24, 2.45) is 0 Å². The van der Waals surface area contributed by atoms with Crippen LogP contribution in [0.5, 0.6) is 11.5 Å². The summed E-state index contributed by atoms with van der Waals surface area (Å²) in [5.41, 5.74) is 4.84. The third-order valence-electron chi connectivity index (χ3n) is 5.54. The van der Waals surface area contributed by atoms with E-state index in [1.807, 2.05) is 45.0 Å². The molecule has 0 saturated heterocycles. The number of hydrogen-bond donors (Lipinski definition) is 1. The number of anilines is 1. The third-order valence-corrected chi connectivity index (χ3v) is 6.48. The first-order valence-electron chi connectivity index (χ1n) is 11.0. The highest BCUT2D eigenvalue weighted by molar-refractivity contribution is 7.22. The molecule has 3 aromatic carbocycles. The van der Waals surface area contributed by atoms with Crippen molar-refractivity contribution < 1.29 is 19.1 Å². The fraction of sp³-hybridized carbons (Fsp3) is 0.143. The molecule has 0 fully saturated rings. The van der Waals surface area contributed by atoms with Gasteiger partial charge in [-0.1, -0.05) is 35.1 Å². The highest BCUT2D eigenvalue weighted by Gasteiger charge is 2.16. The Bertz CT molecular complexity index is 1520. The Balaban J connectivity index is 1.53. The van der Waals surface area contributed by atoms with E-state index in [1.54, 1.807) is 36.4 Å². The zero-order valence-corrected chi connectivity index (χ0v) is 21.0. The number of methoxy groups -OCH3 is 1. The van der Waals surface area contributed by atoms with Gasteiger partial charge in [-0.2, -0.15) is 5.26 Å². The Morgan fingerprint density at radius 1 is 1.03 bits per heavy atom. The normalized spacial score (nSPS) is 11.1. The number of esters is 1. The van der Waals surface area contributed by atoms with Crippen LogP contribution in [0.4, 0.5) is 5.13 Å². The zero-order chi connectivity index (χ0) is 25.8. The number of carbonyl (C=O) groups excluding carboxylic acids is 2. The van der Waals surface area contributed by atoms with Crippen LogP contribution in [0.1, 0.15) is 32.6 Å². The van der Waals surface area contributed by atoms with E-state index < -0.39 is 11.9 Å². The molecule has 0 aliphatic heterocycles. The summed E-state index contributed by atoms with van der Waals surface area (Å²) in [5.74, 6) is -0.568. The van der Waals surface area contributed by atoms with Gasteiger partial charge in [-0.15, -0.1) is 0 Å². The molecule has 0 saturated carbocycles. The molecule has 1 heterocycles. The summed E-state index contributed by atoms with van der Waals surface area (Å²) in [6, 6.07) is 17.8. The van der Waals surface area contributed by atoms with E-state index in [9.17, 15) is 14.9 Å². The average Bonchev–Trinajstić information content (AvgIpc) is 3.23. The Morgan fingerprint density at radius 3 is 2.53 bits per heavy atom. The minimum atomic E-state index is -0.570. The quantitative estimate of drug-likeness (QED) is 0.152. The molecule has 36 heavy (non-hydrogen) atoms. The standard InChI is InChI=1S/C28H23N3O4S/c1-16-6-5-7-20(10-16)27(33)35-23-9-8-19(14-24(23)34-4)13-21(15-29)26(32)31-28-30-22-11-17(2)18(3)12-25(22)36-28/h5-14H,1-4H3,(H,30,31,32). The van der Waals surface area contributed by atoms with Crippen LogP contribution in [-0.4, -0.2) is 24.0 Å². The van der Waals surface area contributed by atoms with E-state index in [4.69, 9.17) is 9.47 Å². The van der Waals surface area contributed by atoms with Crippen LogP contribution in [0.15, 0.2) is 60.2 Å². The fourth-order valence-corrected chi connectivity index (χ4v) is 4.44. The molecule has 1 aromatic heterocycles. The van der Waals surface area contributed by atoms with Gasteiger partial charge >= 0.3 is 5.97 Å². The van der Waals surface area contributed by atoms with E-state index in [-0.39, 0.29) is 11.3 Å². The minimum absolute atomic E-state index is 0.104. The SMILES string of the molecule is COc1cc(C=C(C#N)C(=O)Nc2nc3cc(C)c(C)cc3s2)ccc1OC(=O)c1cccc(C)c1. The first kappa shape index (κ1) is 24.6. The maximum absolute atomic E-state index is 12.8. The van der Waals surface area contributed by atoms with E-state index in [1.165, 1.54) is 24.5 Å². The Morgan fingerprint density at radius 2 is 1.81 bits per heavy atom. The molecule has 0 aliphatic rings. The third kappa shape index (κ3) is 5.43. The maximum atomic E-state index is 12.8. The van der Waals surface area contributed by atoms with E-state index >= 15 is 0 Å². The van der Waals surface area contributed by atoms with Crippen LogP contribution in [0.3, 0.4) is 0 Å². The molecule has 8 heteroatoms. The summed E-state index contributed by atoms with van der Waals surface area (Å²) in [6.45, 7) is 5.92. The Kier molecular flexibility index (Phi) is 7.13. The molecule has 1 amide bonds.